The van der Waals surface area contributed by atoms with Gasteiger partial charge in [-0.1, -0.05) is 42.8 Å². The first-order valence-electron chi connectivity index (χ1n) is 8.74. The fraction of sp³-hybridized carbons (Fsp3) is 0.350. The number of hydrazine groups is 1. The monoisotopic (exact) mass is 373 g/mol. The summed E-state index contributed by atoms with van der Waals surface area (Å²) < 4.78 is 5.29. The maximum absolute atomic E-state index is 12.7. The number of benzene rings is 2. The van der Waals surface area contributed by atoms with Gasteiger partial charge in [-0.15, -0.1) is 0 Å². The molecule has 3 rings (SSSR count). The summed E-state index contributed by atoms with van der Waals surface area (Å²) in [7, 11) is 1.64. The Morgan fingerprint density at radius 1 is 1.31 bits per heavy atom. The zero-order chi connectivity index (χ0) is 18.5. The molecular weight excluding hydrogens is 350 g/mol. The molecule has 3 N–H and O–H groups in total. The standard InChI is InChI=1S/C20H24ClN3O2/c1-13(14-6-8-16(21)9-7-14)11-22-20(25)18-12-23-24-19(18)15-4-3-5-17(10-15)26-2/h3-10,13,18-19,23-24H,11-12H2,1-2H3,(H,22,25). The summed E-state index contributed by atoms with van der Waals surface area (Å²) in [5.74, 6) is 0.858. The molecule has 2 aromatic carbocycles. The highest BCUT2D eigenvalue weighted by Gasteiger charge is 2.34. The molecule has 26 heavy (non-hydrogen) atoms. The van der Waals surface area contributed by atoms with Crippen molar-refractivity contribution in [3.05, 3.63) is 64.7 Å². The second-order valence-electron chi connectivity index (χ2n) is 6.58. The Balaban J connectivity index is 1.62. The Labute approximate surface area is 159 Å². The zero-order valence-corrected chi connectivity index (χ0v) is 15.7. The molecule has 0 radical (unpaired) electrons. The molecule has 0 bridgehead atoms. The minimum Gasteiger partial charge on any atom is -0.497 e. The smallest absolute Gasteiger partial charge is 0.226 e. The molecule has 3 atom stereocenters. The van der Waals surface area contributed by atoms with Crippen LogP contribution in [0.2, 0.25) is 5.02 Å². The van der Waals surface area contributed by atoms with E-state index in [1.807, 2.05) is 48.5 Å². The number of carbonyl (C=O) groups is 1. The van der Waals surface area contributed by atoms with Gasteiger partial charge in [-0.25, -0.2) is 5.43 Å². The predicted molar refractivity (Wildman–Crippen MR) is 103 cm³/mol. The third-order valence-corrected chi connectivity index (χ3v) is 5.05. The molecule has 0 spiro atoms. The number of ether oxygens (including phenoxy) is 1. The van der Waals surface area contributed by atoms with Crippen molar-refractivity contribution in [1.29, 1.82) is 0 Å². The number of hydrogen-bond donors (Lipinski definition) is 3. The van der Waals surface area contributed by atoms with Crippen LogP contribution in [-0.2, 0) is 4.79 Å². The minimum absolute atomic E-state index is 0.0381. The molecule has 138 valence electrons. The van der Waals surface area contributed by atoms with Crippen molar-refractivity contribution in [3.63, 3.8) is 0 Å². The topological polar surface area (TPSA) is 62.4 Å². The first-order chi connectivity index (χ1) is 12.6. The summed E-state index contributed by atoms with van der Waals surface area (Å²) in [5.41, 5.74) is 8.48. The fourth-order valence-corrected chi connectivity index (χ4v) is 3.31. The van der Waals surface area contributed by atoms with Crippen LogP contribution in [0, 0.1) is 5.92 Å². The van der Waals surface area contributed by atoms with Crippen LogP contribution in [0.4, 0.5) is 0 Å². The highest BCUT2D eigenvalue weighted by molar-refractivity contribution is 6.30. The van der Waals surface area contributed by atoms with E-state index in [2.05, 4.69) is 23.1 Å². The number of halogens is 1. The van der Waals surface area contributed by atoms with Gasteiger partial charge in [0.05, 0.1) is 19.1 Å². The van der Waals surface area contributed by atoms with Gasteiger partial charge in [0.2, 0.25) is 5.91 Å². The highest BCUT2D eigenvalue weighted by atomic mass is 35.5. The van der Waals surface area contributed by atoms with Crippen molar-refractivity contribution in [2.24, 2.45) is 5.92 Å². The third kappa shape index (κ3) is 4.36. The average Bonchev–Trinajstić information content (AvgIpc) is 3.16. The molecule has 3 unspecified atom stereocenters. The number of amides is 1. The SMILES string of the molecule is COc1cccc(C2NNCC2C(=O)NCC(C)c2ccc(Cl)cc2)c1. The maximum atomic E-state index is 12.7. The minimum atomic E-state index is -0.181. The summed E-state index contributed by atoms with van der Waals surface area (Å²) in [6.45, 7) is 3.26. The van der Waals surface area contributed by atoms with E-state index in [0.717, 1.165) is 16.9 Å². The molecule has 5 nitrogen and oxygen atoms in total. The number of rotatable bonds is 6. The van der Waals surface area contributed by atoms with Gasteiger partial charge in [-0.2, -0.15) is 0 Å². The van der Waals surface area contributed by atoms with Gasteiger partial charge in [0, 0.05) is 18.1 Å². The Morgan fingerprint density at radius 3 is 2.81 bits per heavy atom. The van der Waals surface area contributed by atoms with Gasteiger partial charge >= 0.3 is 0 Å². The Morgan fingerprint density at radius 2 is 2.08 bits per heavy atom. The molecule has 1 amide bonds. The lowest BCUT2D eigenvalue weighted by Crippen LogP contribution is -2.36. The fourth-order valence-electron chi connectivity index (χ4n) is 3.19. The van der Waals surface area contributed by atoms with Gasteiger partial charge in [0.25, 0.3) is 0 Å². The summed E-state index contributed by atoms with van der Waals surface area (Å²) in [5, 5.41) is 3.80. The first kappa shape index (κ1) is 18.7. The van der Waals surface area contributed by atoms with Crippen LogP contribution in [-0.4, -0.2) is 26.1 Å². The molecule has 1 aliphatic heterocycles. The van der Waals surface area contributed by atoms with Crippen LogP contribution in [0.1, 0.15) is 30.0 Å². The van der Waals surface area contributed by atoms with Crippen LogP contribution >= 0.6 is 11.6 Å². The molecular formula is C20H24ClN3O2. The summed E-state index contributed by atoms with van der Waals surface area (Å²) in [6, 6.07) is 15.5. The summed E-state index contributed by atoms with van der Waals surface area (Å²) in [6.07, 6.45) is 0. The Hall–Kier alpha value is -2.08. The lowest BCUT2D eigenvalue weighted by molar-refractivity contribution is -0.125. The van der Waals surface area contributed by atoms with Gasteiger partial charge in [0.15, 0.2) is 0 Å². The second kappa shape index (κ2) is 8.54. The molecule has 0 aromatic heterocycles. The number of methoxy groups -OCH3 is 1. The van der Waals surface area contributed by atoms with Crippen molar-refractivity contribution in [3.8, 4) is 5.75 Å². The molecule has 1 heterocycles. The lowest BCUT2D eigenvalue weighted by atomic mass is 9.93. The third-order valence-electron chi connectivity index (χ3n) is 4.79. The average molecular weight is 374 g/mol. The quantitative estimate of drug-likeness (QED) is 0.728. The zero-order valence-electron chi connectivity index (χ0n) is 15.0. The van der Waals surface area contributed by atoms with Gasteiger partial charge in [-0.3, -0.25) is 10.2 Å². The first-order valence-corrected chi connectivity index (χ1v) is 9.12. The largest absolute Gasteiger partial charge is 0.497 e. The Bertz CT molecular complexity index is 751. The van der Waals surface area contributed by atoms with E-state index >= 15 is 0 Å². The number of nitrogens with one attached hydrogen (secondary N) is 3. The number of hydrogen-bond acceptors (Lipinski definition) is 4. The van der Waals surface area contributed by atoms with Crippen molar-refractivity contribution in [2.45, 2.75) is 18.9 Å². The summed E-state index contributed by atoms with van der Waals surface area (Å²) in [4.78, 5) is 12.7. The maximum Gasteiger partial charge on any atom is 0.226 e. The normalized spacial score (nSPS) is 20.6. The summed E-state index contributed by atoms with van der Waals surface area (Å²) >= 11 is 5.93. The lowest BCUT2D eigenvalue weighted by Gasteiger charge is -2.20. The van der Waals surface area contributed by atoms with Crippen LogP contribution in [0.15, 0.2) is 48.5 Å². The molecule has 1 fully saturated rings. The van der Waals surface area contributed by atoms with Crippen LogP contribution in [0.25, 0.3) is 0 Å². The van der Waals surface area contributed by atoms with E-state index in [4.69, 9.17) is 16.3 Å². The van der Waals surface area contributed by atoms with Gasteiger partial charge in [-0.05, 0) is 41.3 Å². The second-order valence-corrected chi connectivity index (χ2v) is 7.02. The molecule has 1 saturated heterocycles. The van der Waals surface area contributed by atoms with Gasteiger partial charge in [0.1, 0.15) is 5.75 Å². The van der Waals surface area contributed by atoms with Crippen LogP contribution < -0.4 is 20.9 Å². The molecule has 2 aromatic rings. The van der Waals surface area contributed by atoms with Crippen molar-refractivity contribution in [2.75, 3.05) is 20.2 Å². The van der Waals surface area contributed by atoms with E-state index in [1.165, 1.54) is 0 Å². The van der Waals surface area contributed by atoms with E-state index in [1.54, 1.807) is 7.11 Å². The number of carbonyl (C=O) groups excluding carboxylic acids is 1. The van der Waals surface area contributed by atoms with Crippen LogP contribution in [0.5, 0.6) is 5.75 Å². The van der Waals surface area contributed by atoms with E-state index in [-0.39, 0.29) is 23.8 Å². The molecule has 1 aliphatic rings. The molecule has 6 heteroatoms. The van der Waals surface area contributed by atoms with Crippen molar-refractivity contribution in [1.82, 2.24) is 16.2 Å². The molecule has 0 aliphatic carbocycles. The van der Waals surface area contributed by atoms with E-state index in [0.29, 0.717) is 18.1 Å². The van der Waals surface area contributed by atoms with Crippen molar-refractivity contribution < 1.29 is 9.53 Å². The van der Waals surface area contributed by atoms with E-state index in [9.17, 15) is 4.79 Å². The molecule has 0 saturated carbocycles. The van der Waals surface area contributed by atoms with E-state index < -0.39 is 0 Å². The van der Waals surface area contributed by atoms with Crippen molar-refractivity contribution >= 4 is 17.5 Å². The van der Waals surface area contributed by atoms with Crippen LogP contribution in [0.3, 0.4) is 0 Å². The Kier molecular flexibility index (Phi) is 6.14. The van der Waals surface area contributed by atoms with Gasteiger partial charge < -0.3 is 10.1 Å². The highest BCUT2D eigenvalue weighted by Crippen LogP contribution is 2.28. The predicted octanol–water partition coefficient (Wildman–Crippen LogP) is 3.03.